The van der Waals surface area contributed by atoms with Crippen LogP contribution in [0, 0.1) is 0 Å². The largest absolute Gasteiger partial charge is 0.463 e. The van der Waals surface area contributed by atoms with Crippen LogP contribution in [-0.2, 0) is 42.9 Å². The van der Waals surface area contributed by atoms with E-state index in [1.807, 2.05) is 0 Å². The number of hydrogen-bond donors (Lipinski definition) is 1. The fourth-order valence-corrected chi connectivity index (χ4v) is 4.30. The van der Waals surface area contributed by atoms with Gasteiger partial charge in [-0.2, -0.15) is 0 Å². The van der Waals surface area contributed by atoms with Gasteiger partial charge in [0.2, 0.25) is 5.91 Å². The Kier molecular flexibility index (Phi) is 9.53. The summed E-state index contributed by atoms with van der Waals surface area (Å²) < 4.78 is 27.5. The van der Waals surface area contributed by atoms with Crippen molar-refractivity contribution >= 4 is 35.6 Å². The topological polar surface area (TPSA) is 164 Å². The van der Waals surface area contributed by atoms with Gasteiger partial charge in [0.25, 0.3) is 11.8 Å². The SMILES string of the molecule is CC(=O)NC1C(OCCCN2C(=O)c3ccccc3C2=O)OC(COC(C)=O)C(OC(C)=O)C1OC(C)=O. The van der Waals surface area contributed by atoms with Crippen molar-refractivity contribution in [3.05, 3.63) is 35.4 Å². The van der Waals surface area contributed by atoms with E-state index < -0.39 is 66.3 Å². The Balaban J connectivity index is 1.74. The first-order valence-electron chi connectivity index (χ1n) is 12.0. The molecule has 0 saturated carbocycles. The summed E-state index contributed by atoms with van der Waals surface area (Å²) in [4.78, 5) is 73.4. The second-order valence-corrected chi connectivity index (χ2v) is 8.75. The Morgan fingerprint density at radius 1 is 0.895 bits per heavy atom. The molecule has 1 fully saturated rings. The van der Waals surface area contributed by atoms with E-state index in [1.165, 1.54) is 13.8 Å². The third-order valence-electron chi connectivity index (χ3n) is 5.76. The predicted molar refractivity (Wildman–Crippen MR) is 126 cm³/mol. The van der Waals surface area contributed by atoms with Crippen LogP contribution in [0.15, 0.2) is 24.3 Å². The number of rotatable bonds is 10. The molecule has 0 aliphatic carbocycles. The lowest BCUT2D eigenvalue weighted by Gasteiger charge is -2.45. The summed E-state index contributed by atoms with van der Waals surface area (Å²) in [7, 11) is 0. The van der Waals surface area contributed by atoms with Gasteiger partial charge in [0.05, 0.1) is 17.7 Å². The van der Waals surface area contributed by atoms with E-state index in [1.54, 1.807) is 24.3 Å². The first kappa shape index (κ1) is 28.7. The lowest BCUT2D eigenvalue weighted by Crippen LogP contribution is -2.66. The quantitative estimate of drug-likeness (QED) is 0.191. The van der Waals surface area contributed by atoms with Gasteiger partial charge in [0, 0.05) is 34.2 Å². The van der Waals surface area contributed by atoms with Crippen LogP contribution in [-0.4, -0.2) is 90.9 Å². The molecule has 5 atom stereocenters. The molecule has 3 amide bonds. The van der Waals surface area contributed by atoms with Gasteiger partial charge in [-0.3, -0.25) is 33.7 Å². The monoisotopic (exact) mass is 534 g/mol. The zero-order valence-corrected chi connectivity index (χ0v) is 21.5. The molecule has 2 aliphatic rings. The van der Waals surface area contributed by atoms with Gasteiger partial charge in [-0.1, -0.05) is 12.1 Å². The van der Waals surface area contributed by atoms with E-state index in [4.69, 9.17) is 23.7 Å². The van der Waals surface area contributed by atoms with Crippen LogP contribution in [0.5, 0.6) is 0 Å². The van der Waals surface area contributed by atoms with Crippen molar-refractivity contribution in [1.82, 2.24) is 10.2 Å². The summed E-state index contributed by atoms with van der Waals surface area (Å²) >= 11 is 0. The molecule has 3 rings (SSSR count). The molecule has 38 heavy (non-hydrogen) atoms. The van der Waals surface area contributed by atoms with Gasteiger partial charge in [-0.15, -0.1) is 0 Å². The molecular weight excluding hydrogens is 504 g/mol. The Hall–Kier alpha value is -3.84. The van der Waals surface area contributed by atoms with E-state index in [0.29, 0.717) is 11.1 Å². The van der Waals surface area contributed by atoms with E-state index in [0.717, 1.165) is 18.7 Å². The number of benzene rings is 1. The summed E-state index contributed by atoms with van der Waals surface area (Å²) in [5, 5.41) is 2.60. The zero-order valence-electron chi connectivity index (χ0n) is 21.5. The molecule has 0 spiro atoms. The molecule has 5 unspecified atom stereocenters. The second-order valence-electron chi connectivity index (χ2n) is 8.75. The first-order valence-corrected chi connectivity index (χ1v) is 12.0. The molecule has 0 bridgehead atoms. The Morgan fingerprint density at radius 3 is 2.00 bits per heavy atom. The summed E-state index contributed by atoms with van der Waals surface area (Å²) in [6, 6.07) is 5.41. The average molecular weight is 535 g/mol. The summed E-state index contributed by atoms with van der Waals surface area (Å²) in [5.74, 6) is -3.38. The third kappa shape index (κ3) is 6.92. The van der Waals surface area contributed by atoms with E-state index in [9.17, 15) is 28.8 Å². The maximum Gasteiger partial charge on any atom is 0.303 e. The highest BCUT2D eigenvalue weighted by Crippen LogP contribution is 2.28. The second kappa shape index (κ2) is 12.6. The molecule has 206 valence electrons. The highest BCUT2D eigenvalue weighted by molar-refractivity contribution is 6.21. The smallest absolute Gasteiger partial charge is 0.303 e. The van der Waals surface area contributed by atoms with Gasteiger partial charge in [0.15, 0.2) is 18.5 Å². The average Bonchev–Trinajstić information content (AvgIpc) is 3.08. The number of carbonyl (C=O) groups is 6. The molecule has 2 heterocycles. The van der Waals surface area contributed by atoms with Crippen LogP contribution in [0.3, 0.4) is 0 Å². The first-order chi connectivity index (χ1) is 18.0. The van der Waals surface area contributed by atoms with Crippen LogP contribution >= 0.6 is 0 Å². The molecule has 1 aromatic rings. The van der Waals surface area contributed by atoms with Gasteiger partial charge in [0.1, 0.15) is 18.8 Å². The Labute approximate surface area is 218 Å². The fourth-order valence-electron chi connectivity index (χ4n) is 4.30. The number of hydrogen-bond acceptors (Lipinski definition) is 11. The minimum Gasteiger partial charge on any atom is -0.463 e. The molecule has 1 aromatic carbocycles. The van der Waals surface area contributed by atoms with Crippen LogP contribution in [0.4, 0.5) is 0 Å². The number of carbonyl (C=O) groups excluding carboxylic acids is 6. The number of imide groups is 1. The minimum absolute atomic E-state index is 0.0283. The lowest BCUT2D eigenvalue weighted by atomic mass is 9.96. The molecule has 2 aliphatic heterocycles. The van der Waals surface area contributed by atoms with Gasteiger partial charge in [-0.05, 0) is 18.6 Å². The Morgan fingerprint density at radius 2 is 1.47 bits per heavy atom. The van der Waals surface area contributed by atoms with E-state index in [-0.39, 0.29) is 26.2 Å². The van der Waals surface area contributed by atoms with Gasteiger partial charge >= 0.3 is 17.9 Å². The van der Waals surface area contributed by atoms with Crippen molar-refractivity contribution in [3.8, 4) is 0 Å². The molecule has 13 heteroatoms. The lowest BCUT2D eigenvalue weighted by molar-refractivity contribution is -0.277. The highest BCUT2D eigenvalue weighted by atomic mass is 16.7. The Bertz CT molecular complexity index is 1070. The molecule has 1 saturated heterocycles. The van der Waals surface area contributed by atoms with Crippen molar-refractivity contribution in [2.24, 2.45) is 0 Å². The number of nitrogens with one attached hydrogen (secondary N) is 1. The molecule has 1 N–H and O–H groups in total. The van der Waals surface area contributed by atoms with Crippen molar-refractivity contribution in [2.45, 2.75) is 64.8 Å². The summed E-state index contributed by atoms with van der Waals surface area (Å²) in [6.45, 7) is 4.37. The molecule has 0 radical (unpaired) electrons. The maximum atomic E-state index is 12.6. The summed E-state index contributed by atoms with van der Waals surface area (Å²) in [6.07, 6.45) is -4.57. The standard InChI is InChI=1S/C25H30N2O11/c1-13(28)26-20-22(37-16(4)31)21(36-15(3)30)19(12-35-14(2)29)38-25(20)34-11-7-10-27-23(32)17-8-5-6-9-18(17)24(27)33/h5-6,8-9,19-22,25H,7,10-12H2,1-4H3,(H,26,28). The number of fused-ring (bicyclic) bond motifs is 1. The van der Waals surface area contributed by atoms with Crippen molar-refractivity contribution in [2.75, 3.05) is 19.8 Å². The molecular formula is C25H30N2O11. The van der Waals surface area contributed by atoms with E-state index in [2.05, 4.69) is 5.32 Å². The van der Waals surface area contributed by atoms with Crippen molar-refractivity contribution in [1.29, 1.82) is 0 Å². The van der Waals surface area contributed by atoms with Crippen LogP contribution in [0.25, 0.3) is 0 Å². The number of nitrogens with zero attached hydrogens (tertiary/aromatic N) is 1. The van der Waals surface area contributed by atoms with Crippen molar-refractivity contribution < 1.29 is 52.5 Å². The highest BCUT2D eigenvalue weighted by Gasteiger charge is 2.51. The number of ether oxygens (including phenoxy) is 5. The van der Waals surface area contributed by atoms with Crippen LogP contribution in [0.2, 0.25) is 0 Å². The van der Waals surface area contributed by atoms with Gasteiger partial charge < -0.3 is 29.0 Å². The van der Waals surface area contributed by atoms with Crippen molar-refractivity contribution in [3.63, 3.8) is 0 Å². The van der Waals surface area contributed by atoms with Gasteiger partial charge in [-0.25, -0.2) is 0 Å². The zero-order chi connectivity index (χ0) is 28.0. The normalized spacial score (nSPS) is 24.4. The number of esters is 3. The predicted octanol–water partition coefficient (Wildman–Crippen LogP) is 0.345. The maximum absolute atomic E-state index is 12.6. The van der Waals surface area contributed by atoms with Crippen LogP contribution in [0.1, 0.15) is 54.8 Å². The van der Waals surface area contributed by atoms with E-state index >= 15 is 0 Å². The van der Waals surface area contributed by atoms with Crippen LogP contribution < -0.4 is 5.32 Å². The molecule has 0 aromatic heterocycles. The fraction of sp³-hybridized carbons (Fsp3) is 0.520. The number of amides is 3. The summed E-state index contributed by atoms with van der Waals surface area (Å²) in [5.41, 5.74) is 0.655. The molecule has 13 nitrogen and oxygen atoms in total. The minimum atomic E-state index is -1.24. The third-order valence-corrected chi connectivity index (χ3v) is 5.76.